The fourth-order valence-electron chi connectivity index (χ4n) is 3.59. The van der Waals surface area contributed by atoms with Crippen molar-refractivity contribution in [3.63, 3.8) is 0 Å². The highest BCUT2D eigenvalue weighted by atomic mass is 16.5. The Labute approximate surface area is 174 Å². The van der Waals surface area contributed by atoms with E-state index in [2.05, 4.69) is 4.98 Å². The zero-order chi connectivity index (χ0) is 21.3. The smallest absolute Gasteiger partial charge is 0.336 e. The molecule has 0 fully saturated rings. The maximum Gasteiger partial charge on any atom is 0.336 e. The van der Waals surface area contributed by atoms with Crippen molar-refractivity contribution in [2.24, 2.45) is 0 Å². The Morgan fingerprint density at radius 2 is 1.87 bits per heavy atom. The van der Waals surface area contributed by atoms with Gasteiger partial charge >= 0.3 is 5.97 Å². The van der Waals surface area contributed by atoms with Gasteiger partial charge in [0.25, 0.3) is 0 Å². The van der Waals surface area contributed by atoms with Gasteiger partial charge in [-0.2, -0.15) is 4.98 Å². The molecule has 6 heteroatoms. The van der Waals surface area contributed by atoms with Crippen molar-refractivity contribution in [1.29, 1.82) is 0 Å². The Morgan fingerprint density at radius 1 is 1.13 bits per heavy atom. The van der Waals surface area contributed by atoms with Crippen LogP contribution in [-0.2, 0) is 0 Å². The summed E-state index contributed by atoms with van der Waals surface area (Å²) in [5.74, 6) is -0.459. The lowest BCUT2D eigenvalue weighted by Crippen LogP contribution is -2.06. The van der Waals surface area contributed by atoms with Gasteiger partial charge in [0.15, 0.2) is 0 Å². The number of hydrogen-bond acceptors (Lipinski definition) is 4. The van der Waals surface area contributed by atoms with Gasteiger partial charge in [0.05, 0.1) is 24.1 Å². The zero-order valence-electron chi connectivity index (χ0n) is 16.7. The van der Waals surface area contributed by atoms with E-state index in [1.165, 1.54) is 0 Å². The highest BCUT2D eigenvalue weighted by molar-refractivity contribution is 5.96. The quantitative estimate of drug-likeness (QED) is 0.496. The van der Waals surface area contributed by atoms with Crippen LogP contribution in [0.15, 0.2) is 66.9 Å². The normalized spacial score (nSPS) is 12.1. The molecule has 30 heavy (non-hydrogen) atoms. The highest BCUT2D eigenvalue weighted by Crippen LogP contribution is 2.29. The number of nitrogens with zero attached hydrogens (tertiary/aromatic N) is 2. The molecule has 2 aromatic heterocycles. The molecule has 0 amide bonds. The summed E-state index contributed by atoms with van der Waals surface area (Å²) in [6.07, 6.45) is 0.897. The number of fused-ring (bicyclic) bond motifs is 1. The monoisotopic (exact) mass is 402 g/mol. The van der Waals surface area contributed by atoms with Crippen LogP contribution in [0.25, 0.3) is 16.8 Å². The van der Waals surface area contributed by atoms with E-state index < -0.39 is 12.1 Å². The maximum atomic E-state index is 11.5. The van der Waals surface area contributed by atoms with E-state index in [0.717, 1.165) is 11.1 Å². The molecular weight excluding hydrogens is 380 g/mol. The molecule has 1 unspecified atom stereocenters. The molecule has 0 aliphatic rings. The topological polar surface area (TPSA) is 84.1 Å². The van der Waals surface area contributed by atoms with Gasteiger partial charge in [0.1, 0.15) is 11.8 Å². The fourth-order valence-corrected chi connectivity index (χ4v) is 3.59. The number of imidazole rings is 1. The predicted octanol–water partition coefficient (Wildman–Crippen LogP) is 4.49. The number of aromatic nitrogens is 2. The van der Waals surface area contributed by atoms with Crippen molar-refractivity contribution in [1.82, 2.24) is 9.38 Å². The van der Waals surface area contributed by atoms with E-state index in [1.807, 2.05) is 60.7 Å². The highest BCUT2D eigenvalue weighted by Gasteiger charge is 2.17. The molecule has 0 bridgehead atoms. The first kappa shape index (κ1) is 19.7. The van der Waals surface area contributed by atoms with Crippen molar-refractivity contribution < 1.29 is 19.7 Å². The van der Waals surface area contributed by atoms with Gasteiger partial charge in [-0.15, -0.1) is 0 Å². The van der Waals surface area contributed by atoms with Crippen molar-refractivity contribution >= 4 is 11.6 Å². The third-order valence-electron chi connectivity index (χ3n) is 4.99. The van der Waals surface area contributed by atoms with Crippen LogP contribution < -0.4 is 4.74 Å². The molecule has 0 aliphatic heterocycles. The first-order valence-corrected chi connectivity index (χ1v) is 9.71. The van der Waals surface area contributed by atoms with Crippen LogP contribution in [0, 0.1) is 6.92 Å². The number of carboxylic acids is 1. The number of hydrogen-bond donors (Lipinski definition) is 2. The SMILES string of the molecule is CCOc1cn2c(C(O)c3ccc(-c4ccccc4C(=O)O)cc3)cc(C)cc2n1. The summed E-state index contributed by atoms with van der Waals surface area (Å²) >= 11 is 0. The lowest BCUT2D eigenvalue weighted by atomic mass is 9.97. The number of aliphatic hydroxyl groups is 1. The standard InChI is InChI=1S/C24H22N2O4/c1-3-30-22-14-26-20(12-15(2)13-21(26)25-22)23(27)17-10-8-16(9-11-17)18-6-4-5-7-19(18)24(28)29/h4-14,23,27H,3H2,1-2H3,(H,28,29). The number of aliphatic hydroxyl groups excluding tert-OH is 1. The summed E-state index contributed by atoms with van der Waals surface area (Å²) in [5, 5.41) is 20.5. The second-order valence-corrected chi connectivity index (χ2v) is 7.07. The molecule has 4 aromatic rings. The van der Waals surface area contributed by atoms with Gasteiger partial charge in [-0.05, 0) is 54.3 Å². The minimum absolute atomic E-state index is 0.244. The molecule has 2 heterocycles. The number of ether oxygens (including phenoxy) is 1. The molecule has 0 aliphatic carbocycles. The third kappa shape index (κ3) is 3.65. The number of aryl methyl sites for hydroxylation is 1. The molecule has 0 saturated carbocycles. The minimum Gasteiger partial charge on any atom is -0.478 e. The summed E-state index contributed by atoms with van der Waals surface area (Å²) in [6.45, 7) is 4.37. The van der Waals surface area contributed by atoms with Crippen molar-refractivity contribution in [2.75, 3.05) is 6.61 Å². The average molecular weight is 402 g/mol. The first-order chi connectivity index (χ1) is 14.5. The molecule has 0 radical (unpaired) electrons. The van der Waals surface area contributed by atoms with E-state index >= 15 is 0 Å². The van der Waals surface area contributed by atoms with Crippen LogP contribution in [-0.4, -0.2) is 32.2 Å². The Kier molecular flexibility index (Phi) is 5.25. The van der Waals surface area contributed by atoms with Gasteiger partial charge in [0, 0.05) is 0 Å². The van der Waals surface area contributed by atoms with Crippen molar-refractivity contribution in [3.05, 3.63) is 89.2 Å². The Morgan fingerprint density at radius 3 is 2.57 bits per heavy atom. The van der Waals surface area contributed by atoms with E-state index in [0.29, 0.717) is 35.0 Å². The van der Waals surface area contributed by atoms with E-state index in [1.54, 1.807) is 24.4 Å². The van der Waals surface area contributed by atoms with Crippen LogP contribution in [0.1, 0.15) is 40.2 Å². The van der Waals surface area contributed by atoms with Crippen LogP contribution in [0.2, 0.25) is 0 Å². The van der Waals surface area contributed by atoms with Gasteiger partial charge in [-0.1, -0.05) is 42.5 Å². The Balaban J connectivity index is 1.71. The predicted molar refractivity (Wildman–Crippen MR) is 114 cm³/mol. The average Bonchev–Trinajstić information content (AvgIpc) is 3.15. The Bertz CT molecular complexity index is 1210. The molecule has 4 rings (SSSR count). The fraction of sp³-hybridized carbons (Fsp3) is 0.167. The van der Waals surface area contributed by atoms with Crippen molar-refractivity contribution in [2.45, 2.75) is 20.0 Å². The number of carbonyl (C=O) groups is 1. The van der Waals surface area contributed by atoms with E-state index in [9.17, 15) is 15.0 Å². The third-order valence-corrected chi connectivity index (χ3v) is 4.99. The number of aromatic carboxylic acids is 1. The van der Waals surface area contributed by atoms with Gasteiger partial charge in [0.2, 0.25) is 5.88 Å². The summed E-state index contributed by atoms with van der Waals surface area (Å²) < 4.78 is 7.33. The van der Waals surface area contributed by atoms with Crippen molar-refractivity contribution in [3.8, 4) is 17.0 Å². The molecule has 2 N–H and O–H groups in total. The van der Waals surface area contributed by atoms with E-state index in [4.69, 9.17) is 4.74 Å². The molecule has 0 spiro atoms. The summed E-state index contributed by atoms with van der Waals surface area (Å²) in [5.41, 5.74) is 4.73. The summed E-state index contributed by atoms with van der Waals surface area (Å²) in [4.78, 5) is 16.0. The first-order valence-electron chi connectivity index (χ1n) is 9.71. The largest absolute Gasteiger partial charge is 0.478 e. The second kappa shape index (κ2) is 8.00. The Hall–Kier alpha value is -3.64. The second-order valence-electron chi connectivity index (χ2n) is 7.07. The molecule has 1 atom stereocenters. The maximum absolute atomic E-state index is 11.5. The molecule has 6 nitrogen and oxygen atoms in total. The van der Waals surface area contributed by atoms with Crippen LogP contribution in [0.5, 0.6) is 5.88 Å². The van der Waals surface area contributed by atoms with Crippen LogP contribution in [0.4, 0.5) is 0 Å². The minimum atomic E-state index is -0.970. The number of carboxylic acid groups (broad SMARTS) is 1. The van der Waals surface area contributed by atoms with Gasteiger partial charge in [-0.25, -0.2) is 4.79 Å². The lowest BCUT2D eigenvalue weighted by Gasteiger charge is -2.15. The zero-order valence-corrected chi connectivity index (χ0v) is 16.7. The van der Waals surface area contributed by atoms with Gasteiger partial charge < -0.3 is 14.9 Å². The number of rotatable bonds is 6. The molecule has 2 aromatic carbocycles. The molecular formula is C24H22N2O4. The van der Waals surface area contributed by atoms with Crippen LogP contribution in [0.3, 0.4) is 0 Å². The number of benzene rings is 2. The molecule has 152 valence electrons. The summed E-state index contributed by atoms with van der Waals surface area (Å²) in [6, 6.07) is 18.0. The van der Waals surface area contributed by atoms with Gasteiger partial charge in [-0.3, -0.25) is 4.40 Å². The number of pyridine rings is 1. The van der Waals surface area contributed by atoms with E-state index in [-0.39, 0.29) is 5.56 Å². The van der Waals surface area contributed by atoms with Crippen LogP contribution >= 0.6 is 0 Å². The molecule has 0 saturated heterocycles. The summed E-state index contributed by atoms with van der Waals surface area (Å²) in [7, 11) is 0. The lowest BCUT2D eigenvalue weighted by molar-refractivity contribution is 0.0697.